The Balaban J connectivity index is 4.18. The molecule has 0 saturated carbocycles. The average Bonchev–Trinajstić information content (AvgIpc) is 2.15. The molecule has 0 bridgehead atoms. The lowest BCUT2D eigenvalue weighted by Crippen LogP contribution is -2.46. The molecule has 94 valence electrons. The van der Waals surface area contributed by atoms with E-state index in [1.807, 2.05) is 32.6 Å². The standard InChI is InChI=1S/C11H23N3OS/c1-5-9(4)13-11(15)7-14(8(2)3)6-10(12)16/h8-9H,5-7H2,1-4H3,(H2,12,16)(H,13,15). The summed E-state index contributed by atoms with van der Waals surface area (Å²) in [6.07, 6.45) is 0.933. The summed E-state index contributed by atoms with van der Waals surface area (Å²) in [5.74, 6) is 0.0271. The van der Waals surface area contributed by atoms with Crippen LogP contribution in [0.3, 0.4) is 0 Å². The van der Waals surface area contributed by atoms with Crippen LogP contribution >= 0.6 is 12.2 Å². The molecule has 0 heterocycles. The van der Waals surface area contributed by atoms with Crippen molar-refractivity contribution in [2.75, 3.05) is 13.1 Å². The maximum absolute atomic E-state index is 11.7. The predicted octanol–water partition coefficient (Wildman–Crippen LogP) is 0.898. The number of hydrogen-bond donors (Lipinski definition) is 2. The summed E-state index contributed by atoms with van der Waals surface area (Å²) in [5.41, 5.74) is 5.49. The minimum Gasteiger partial charge on any atom is -0.392 e. The van der Waals surface area contributed by atoms with E-state index in [4.69, 9.17) is 18.0 Å². The lowest BCUT2D eigenvalue weighted by Gasteiger charge is -2.25. The fourth-order valence-corrected chi connectivity index (χ4v) is 1.39. The van der Waals surface area contributed by atoms with Gasteiger partial charge in [-0.05, 0) is 27.2 Å². The first-order chi connectivity index (χ1) is 7.36. The molecule has 1 atom stereocenters. The predicted molar refractivity (Wildman–Crippen MR) is 71.4 cm³/mol. The molecule has 16 heavy (non-hydrogen) atoms. The number of carbonyl (C=O) groups is 1. The van der Waals surface area contributed by atoms with Crippen molar-refractivity contribution in [1.82, 2.24) is 10.2 Å². The molecule has 0 aliphatic heterocycles. The molecule has 0 fully saturated rings. The number of rotatable bonds is 7. The molecule has 0 radical (unpaired) electrons. The zero-order chi connectivity index (χ0) is 12.7. The third kappa shape index (κ3) is 6.74. The van der Waals surface area contributed by atoms with Crippen molar-refractivity contribution in [2.45, 2.75) is 46.2 Å². The Hall–Kier alpha value is -0.680. The van der Waals surface area contributed by atoms with Crippen LogP contribution in [0.15, 0.2) is 0 Å². The third-order valence-electron chi connectivity index (χ3n) is 2.46. The van der Waals surface area contributed by atoms with Gasteiger partial charge in [0.2, 0.25) is 5.91 Å². The second-order valence-electron chi connectivity index (χ2n) is 4.34. The molecule has 1 unspecified atom stereocenters. The maximum Gasteiger partial charge on any atom is 0.234 e. The van der Waals surface area contributed by atoms with Crippen LogP contribution in [-0.2, 0) is 4.79 Å². The van der Waals surface area contributed by atoms with Crippen LogP contribution in [0.25, 0.3) is 0 Å². The van der Waals surface area contributed by atoms with Gasteiger partial charge in [0, 0.05) is 18.6 Å². The molecular weight excluding hydrogens is 222 g/mol. The molecule has 0 saturated heterocycles. The zero-order valence-corrected chi connectivity index (χ0v) is 11.4. The summed E-state index contributed by atoms with van der Waals surface area (Å²) in [4.78, 5) is 14.1. The number of nitrogens with one attached hydrogen (secondary N) is 1. The first-order valence-corrected chi connectivity index (χ1v) is 6.09. The quantitative estimate of drug-likeness (QED) is 0.654. The molecule has 0 rings (SSSR count). The van der Waals surface area contributed by atoms with Gasteiger partial charge in [0.05, 0.1) is 11.5 Å². The van der Waals surface area contributed by atoms with Gasteiger partial charge >= 0.3 is 0 Å². The Morgan fingerprint density at radius 2 is 1.94 bits per heavy atom. The Kier molecular flexibility index (Phi) is 7.25. The Bertz CT molecular complexity index is 243. The minimum atomic E-state index is 0.0271. The summed E-state index contributed by atoms with van der Waals surface area (Å²) in [7, 11) is 0. The highest BCUT2D eigenvalue weighted by atomic mass is 32.1. The molecule has 1 amide bonds. The van der Waals surface area contributed by atoms with E-state index >= 15 is 0 Å². The largest absolute Gasteiger partial charge is 0.392 e. The Labute approximate surface area is 104 Å². The Morgan fingerprint density at radius 3 is 2.31 bits per heavy atom. The van der Waals surface area contributed by atoms with E-state index in [-0.39, 0.29) is 18.0 Å². The van der Waals surface area contributed by atoms with Gasteiger partial charge in [-0.15, -0.1) is 0 Å². The summed E-state index contributed by atoms with van der Waals surface area (Å²) in [5, 5.41) is 2.92. The van der Waals surface area contributed by atoms with Gasteiger partial charge in [-0.3, -0.25) is 9.69 Å². The topological polar surface area (TPSA) is 58.4 Å². The lowest BCUT2D eigenvalue weighted by atomic mass is 10.2. The molecule has 0 aromatic heterocycles. The molecule has 5 heteroatoms. The van der Waals surface area contributed by atoms with Crippen molar-refractivity contribution in [1.29, 1.82) is 0 Å². The monoisotopic (exact) mass is 245 g/mol. The molecule has 0 spiro atoms. The lowest BCUT2D eigenvalue weighted by molar-refractivity contribution is -0.123. The van der Waals surface area contributed by atoms with E-state index in [0.29, 0.717) is 18.1 Å². The van der Waals surface area contributed by atoms with Crippen LogP contribution < -0.4 is 11.1 Å². The molecular formula is C11H23N3OS. The van der Waals surface area contributed by atoms with Gasteiger partial charge in [0.25, 0.3) is 0 Å². The van der Waals surface area contributed by atoms with Crippen molar-refractivity contribution < 1.29 is 4.79 Å². The second-order valence-corrected chi connectivity index (χ2v) is 4.87. The van der Waals surface area contributed by atoms with Gasteiger partial charge in [-0.1, -0.05) is 19.1 Å². The van der Waals surface area contributed by atoms with E-state index in [9.17, 15) is 4.79 Å². The van der Waals surface area contributed by atoms with Crippen LogP contribution in [0.2, 0.25) is 0 Å². The van der Waals surface area contributed by atoms with Crippen LogP contribution in [0, 0.1) is 0 Å². The van der Waals surface area contributed by atoms with Gasteiger partial charge in [-0.25, -0.2) is 0 Å². The number of nitrogens with zero attached hydrogens (tertiary/aromatic N) is 1. The Morgan fingerprint density at radius 1 is 1.38 bits per heavy atom. The number of amides is 1. The SMILES string of the molecule is CCC(C)NC(=O)CN(CC(N)=S)C(C)C. The summed E-state index contributed by atoms with van der Waals surface area (Å²) in [6, 6.07) is 0.468. The molecule has 0 aromatic carbocycles. The first kappa shape index (κ1) is 15.3. The van der Waals surface area contributed by atoms with Crippen LogP contribution in [0.4, 0.5) is 0 Å². The number of thiocarbonyl (C=S) groups is 1. The smallest absolute Gasteiger partial charge is 0.234 e. The van der Waals surface area contributed by atoms with Crippen molar-refractivity contribution in [3.8, 4) is 0 Å². The molecule has 0 aliphatic rings. The summed E-state index contributed by atoms with van der Waals surface area (Å²) < 4.78 is 0. The number of carbonyl (C=O) groups excluding carboxylic acids is 1. The average molecular weight is 245 g/mol. The van der Waals surface area contributed by atoms with Gasteiger partial charge in [0.1, 0.15) is 0 Å². The zero-order valence-electron chi connectivity index (χ0n) is 10.6. The highest BCUT2D eigenvalue weighted by Crippen LogP contribution is 1.98. The fraction of sp³-hybridized carbons (Fsp3) is 0.818. The molecule has 0 aliphatic carbocycles. The maximum atomic E-state index is 11.7. The van der Waals surface area contributed by atoms with Crippen molar-refractivity contribution >= 4 is 23.1 Å². The van der Waals surface area contributed by atoms with Crippen molar-refractivity contribution in [2.24, 2.45) is 5.73 Å². The molecule has 4 nitrogen and oxygen atoms in total. The van der Waals surface area contributed by atoms with E-state index in [1.165, 1.54) is 0 Å². The van der Waals surface area contributed by atoms with Crippen LogP contribution in [0.5, 0.6) is 0 Å². The van der Waals surface area contributed by atoms with E-state index in [1.54, 1.807) is 0 Å². The van der Waals surface area contributed by atoms with Gasteiger partial charge in [-0.2, -0.15) is 0 Å². The summed E-state index contributed by atoms with van der Waals surface area (Å²) in [6.45, 7) is 8.91. The van der Waals surface area contributed by atoms with Crippen molar-refractivity contribution in [3.63, 3.8) is 0 Å². The van der Waals surface area contributed by atoms with E-state index in [0.717, 1.165) is 6.42 Å². The van der Waals surface area contributed by atoms with Crippen LogP contribution in [-0.4, -0.2) is 41.0 Å². The van der Waals surface area contributed by atoms with Crippen molar-refractivity contribution in [3.05, 3.63) is 0 Å². The molecule has 0 aromatic rings. The number of nitrogens with two attached hydrogens (primary N) is 1. The third-order valence-corrected chi connectivity index (χ3v) is 2.58. The highest BCUT2D eigenvalue weighted by Gasteiger charge is 2.15. The van der Waals surface area contributed by atoms with Crippen LogP contribution in [0.1, 0.15) is 34.1 Å². The minimum absolute atomic E-state index is 0.0271. The highest BCUT2D eigenvalue weighted by molar-refractivity contribution is 7.80. The second kappa shape index (κ2) is 7.57. The fourth-order valence-electron chi connectivity index (χ4n) is 1.23. The normalized spacial score (nSPS) is 12.9. The number of hydrogen-bond acceptors (Lipinski definition) is 3. The summed E-state index contributed by atoms with van der Waals surface area (Å²) >= 11 is 4.86. The van der Waals surface area contributed by atoms with Gasteiger partial charge < -0.3 is 11.1 Å². The van der Waals surface area contributed by atoms with Gasteiger partial charge in [0.15, 0.2) is 0 Å². The molecule has 3 N–H and O–H groups in total. The van der Waals surface area contributed by atoms with E-state index < -0.39 is 0 Å². The first-order valence-electron chi connectivity index (χ1n) is 5.68. The van der Waals surface area contributed by atoms with E-state index in [2.05, 4.69) is 5.32 Å².